The molecule has 9 aromatic carbocycles. The third-order valence-electron chi connectivity index (χ3n) is 14.1. The molecule has 2 atom stereocenters. The topological polar surface area (TPSA) is 52.0 Å². The Morgan fingerprint density at radius 2 is 0.940 bits per heavy atom. The number of rotatable bonds is 7. The van der Waals surface area contributed by atoms with Crippen molar-refractivity contribution in [1.82, 2.24) is 0 Å². The van der Waals surface area contributed by atoms with Crippen molar-refractivity contribution in [2.75, 3.05) is 11.5 Å². The number of nitrogen functional groups attached to an aromatic ring is 2. The fourth-order valence-corrected chi connectivity index (χ4v) is 13.5. The third kappa shape index (κ3) is 7.45. The van der Waals surface area contributed by atoms with Crippen LogP contribution in [0.25, 0.3) is 55.6 Å². The summed E-state index contributed by atoms with van der Waals surface area (Å²) >= 11 is 0. The fraction of sp³-hybridized carbons (Fsp3) is 0.0625. The van der Waals surface area contributed by atoms with Crippen molar-refractivity contribution in [3.63, 3.8) is 0 Å². The first-order chi connectivity index (χ1) is 33.1. The van der Waals surface area contributed by atoms with E-state index in [1.807, 2.05) is 0 Å². The van der Waals surface area contributed by atoms with Crippen LogP contribution in [0.4, 0.5) is 11.4 Å². The summed E-state index contributed by atoms with van der Waals surface area (Å²) in [6, 6.07) is 68.5. The monoisotopic (exact) mass is 876 g/mol. The molecule has 0 radical (unpaired) electrons. The number of hydrogen-bond donors (Lipinski definition) is 2. The molecule has 0 heterocycles. The first kappa shape index (κ1) is 40.7. The van der Waals surface area contributed by atoms with E-state index in [-0.39, 0.29) is 5.66 Å². The molecular weight excluding hydrogens is 828 g/mol. The molecule has 0 aliphatic heterocycles. The molecule has 3 aliphatic rings. The van der Waals surface area contributed by atoms with Crippen molar-refractivity contribution >= 4 is 85.5 Å². The Kier molecular flexibility index (Phi) is 10.5. The van der Waals surface area contributed by atoms with Gasteiger partial charge in [-0.25, -0.2) is 0 Å². The van der Waals surface area contributed by atoms with Gasteiger partial charge in [0, 0.05) is 38.9 Å². The Morgan fingerprint density at radius 3 is 1.54 bits per heavy atom. The van der Waals surface area contributed by atoms with Crippen LogP contribution in [0.3, 0.4) is 0 Å². The van der Waals surface area contributed by atoms with Crippen LogP contribution in [-0.2, 0) is 12.8 Å². The Hall–Kier alpha value is -7.77. The van der Waals surface area contributed by atoms with Gasteiger partial charge in [0.05, 0.1) is 0 Å². The van der Waals surface area contributed by atoms with Gasteiger partial charge in [-0.1, -0.05) is 231 Å². The molecule has 0 bridgehead atoms. The van der Waals surface area contributed by atoms with Crippen molar-refractivity contribution in [1.29, 1.82) is 0 Å². The lowest BCUT2D eigenvalue weighted by molar-refractivity contribution is 1.04. The Morgan fingerprint density at radius 1 is 0.433 bits per heavy atom. The van der Waals surface area contributed by atoms with Crippen LogP contribution >= 0.6 is 7.92 Å². The van der Waals surface area contributed by atoms with Crippen LogP contribution in [0.2, 0.25) is 0 Å². The number of nitrogens with two attached hydrogens (primary N) is 2. The van der Waals surface area contributed by atoms with E-state index in [0.29, 0.717) is 0 Å². The summed E-state index contributed by atoms with van der Waals surface area (Å²) in [5.41, 5.74) is 31.0. The Bertz CT molecular complexity index is 3630. The zero-order chi connectivity index (χ0) is 44.8. The highest BCUT2D eigenvalue weighted by atomic mass is 31.1. The van der Waals surface area contributed by atoms with Gasteiger partial charge in [0.1, 0.15) is 0 Å². The third-order valence-corrected chi connectivity index (χ3v) is 16.9. The smallest absolute Gasteiger partial charge is 0.0473 e. The van der Waals surface area contributed by atoms with Crippen molar-refractivity contribution in [3.05, 3.63) is 274 Å². The molecule has 0 spiro atoms. The number of hydrogen-bond acceptors (Lipinski definition) is 2. The average Bonchev–Trinajstić information content (AvgIpc) is 3.39. The molecule has 2 nitrogen and oxygen atoms in total. The largest absolute Gasteiger partial charge is 0.398 e. The second kappa shape index (κ2) is 17.2. The standard InChI is InChI=1S/C64H49N2P/c65-63-56-21-9-6-15-45(56)32-38-58(63)61(51-26-24-42-12-1-3-17-49(42)40-51)47-28-34-53(35-29-47)67(60-23-11-19-44-14-5-8-20-55(44)60)54-36-30-48(31-37-54)62(52-27-25-43-13-2-4-18-50(43)41-52)59-39-33-46-16-7-10-22-57(46)64(59)66/h1-36,38-39,54H,37,40-41,65-66H2/b61-51-,62-52-. The summed E-state index contributed by atoms with van der Waals surface area (Å²) in [6.07, 6.45) is 19.1. The quantitative estimate of drug-likeness (QED) is 0.124. The van der Waals surface area contributed by atoms with Gasteiger partial charge in [-0.05, 0) is 115 Å². The second-order valence-electron chi connectivity index (χ2n) is 18.0. The molecule has 0 saturated heterocycles. The van der Waals surface area contributed by atoms with Gasteiger partial charge in [-0.15, -0.1) is 0 Å². The van der Waals surface area contributed by atoms with E-state index in [9.17, 15) is 0 Å². The molecule has 3 heteroatoms. The normalized spacial score (nSPS) is 17.3. The van der Waals surface area contributed by atoms with E-state index in [1.54, 1.807) is 0 Å². The van der Waals surface area contributed by atoms with E-state index in [0.717, 1.165) is 63.3 Å². The molecule has 0 saturated carbocycles. The summed E-state index contributed by atoms with van der Waals surface area (Å²) < 4.78 is 0. The Labute approximate surface area is 394 Å². The lowest BCUT2D eigenvalue weighted by Crippen LogP contribution is -2.22. The highest BCUT2D eigenvalue weighted by Crippen LogP contribution is 2.48. The van der Waals surface area contributed by atoms with Crippen molar-refractivity contribution < 1.29 is 0 Å². The van der Waals surface area contributed by atoms with Gasteiger partial charge in [0.25, 0.3) is 0 Å². The first-order valence-electron chi connectivity index (χ1n) is 23.4. The van der Waals surface area contributed by atoms with E-state index in [2.05, 4.69) is 231 Å². The molecule has 4 N–H and O–H groups in total. The predicted octanol–water partition coefficient (Wildman–Crippen LogP) is 14.8. The lowest BCUT2D eigenvalue weighted by atomic mass is 9.83. The minimum atomic E-state index is -0.846. The minimum absolute atomic E-state index is 0.268. The van der Waals surface area contributed by atoms with Crippen molar-refractivity contribution in [2.45, 2.75) is 24.9 Å². The van der Waals surface area contributed by atoms with Crippen LogP contribution in [0.15, 0.2) is 235 Å². The highest BCUT2D eigenvalue weighted by Gasteiger charge is 2.28. The summed E-state index contributed by atoms with van der Waals surface area (Å²) in [7, 11) is -0.846. The summed E-state index contributed by atoms with van der Waals surface area (Å²) in [4.78, 5) is 0. The molecule has 320 valence electrons. The van der Waals surface area contributed by atoms with E-state index in [4.69, 9.17) is 11.5 Å². The van der Waals surface area contributed by atoms with Crippen LogP contribution in [0.5, 0.6) is 0 Å². The summed E-state index contributed by atoms with van der Waals surface area (Å²) in [5.74, 6) is 0. The van der Waals surface area contributed by atoms with Gasteiger partial charge in [0.2, 0.25) is 0 Å². The zero-order valence-electron chi connectivity index (χ0n) is 37.2. The van der Waals surface area contributed by atoms with Crippen molar-refractivity contribution in [3.8, 4) is 0 Å². The van der Waals surface area contributed by atoms with Gasteiger partial charge in [0.15, 0.2) is 0 Å². The molecule has 0 fully saturated rings. The maximum Gasteiger partial charge on any atom is 0.0473 e. The van der Waals surface area contributed by atoms with Gasteiger partial charge >= 0.3 is 0 Å². The van der Waals surface area contributed by atoms with Gasteiger partial charge < -0.3 is 11.5 Å². The zero-order valence-corrected chi connectivity index (χ0v) is 38.1. The summed E-state index contributed by atoms with van der Waals surface area (Å²) in [6.45, 7) is 0. The van der Waals surface area contributed by atoms with Crippen LogP contribution in [-0.4, -0.2) is 5.66 Å². The lowest BCUT2D eigenvalue weighted by Gasteiger charge is -2.30. The molecule has 3 aliphatic carbocycles. The molecule has 9 aromatic rings. The van der Waals surface area contributed by atoms with Gasteiger partial charge in [-0.2, -0.15) is 0 Å². The second-order valence-corrected chi connectivity index (χ2v) is 20.4. The SMILES string of the molecule is Nc1c(/C(C2=CCC(P(c3ccc(/C(=C4\C=Cc5ccccc5C4)c4ccc5ccccc5c4N)cc3)c3cccc4ccccc34)C=C2)=C2/C=Cc3ccccc3C2)ccc2ccccc12. The molecule has 67 heavy (non-hydrogen) atoms. The highest BCUT2D eigenvalue weighted by molar-refractivity contribution is 7.74. The molecule has 0 aromatic heterocycles. The Balaban J connectivity index is 0.967. The number of anilines is 2. The van der Waals surface area contributed by atoms with E-state index >= 15 is 0 Å². The number of benzene rings is 9. The van der Waals surface area contributed by atoms with Crippen LogP contribution in [0.1, 0.15) is 45.4 Å². The van der Waals surface area contributed by atoms with Crippen LogP contribution in [0, 0.1) is 0 Å². The average molecular weight is 877 g/mol. The van der Waals surface area contributed by atoms with Crippen LogP contribution < -0.4 is 22.1 Å². The molecule has 0 amide bonds. The number of allylic oxidation sites excluding steroid dienone is 9. The fourth-order valence-electron chi connectivity index (χ4n) is 10.7. The van der Waals surface area contributed by atoms with E-state index in [1.165, 1.54) is 77.1 Å². The predicted molar refractivity (Wildman–Crippen MR) is 290 cm³/mol. The van der Waals surface area contributed by atoms with Gasteiger partial charge in [-0.3, -0.25) is 0 Å². The maximum absolute atomic E-state index is 7.16. The van der Waals surface area contributed by atoms with E-state index < -0.39 is 7.92 Å². The molecule has 2 unspecified atom stereocenters. The summed E-state index contributed by atoms with van der Waals surface area (Å²) in [5, 5.41) is 9.82. The molecule has 12 rings (SSSR count). The van der Waals surface area contributed by atoms with Crippen molar-refractivity contribution in [2.24, 2.45) is 0 Å². The first-order valence-corrected chi connectivity index (χ1v) is 24.8. The minimum Gasteiger partial charge on any atom is -0.398 e. The number of fused-ring (bicyclic) bond motifs is 5. The maximum atomic E-state index is 7.16. The molecular formula is C64H49N2P.